The van der Waals surface area contributed by atoms with Crippen molar-refractivity contribution in [3.63, 3.8) is 0 Å². The van der Waals surface area contributed by atoms with Crippen LogP contribution in [0, 0.1) is 11.3 Å². The number of ether oxygens (including phenoxy) is 1. The molecule has 35 heavy (non-hydrogen) atoms. The van der Waals surface area contributed by atoms with Crippen molar-refractivity contribution in [2.75, 3.05) is 26.0 Å². The second-order valence-corrected chi connectivity index (χ2v) is 10.7. The summed E-state index contributed by atoms with van der Waals surface area (Å²) >= 11 is 0. The largest absolute Gasteiger partial charge is 0.479 e. The molecule has 2 atom stereocenters. The van der Waals surface area contributed by atoms with Crippen molar-refractivity contribution in [2.24, 2.45) is 0 Å². The molecule has 0 saturated carbocycles. The van der Waals surface area contributed by atoms with Crippen molar-refractivity contribution in [1.82, 2.24) is 19.1 Å². The predicted molar refractivity (Wildman–Crippen MR) is 126 cm³/mol. The van der Waals surface area contributed by atoms with Gasteiger partial charge in [0.05, 0.1) is 35.0 Å². The number of sulfonamides is 1. The summed E-state index contributed by atoms with van der Waals surface area (Å²) in [6.07, 6.45) is 1.00. The monoisotopic (exact) mass is 500 g/mol. The zero-order chi connectivity index (χ0) is 25.4. The summed E-state index contributed by atoms with van der Waals surface area (Å²) in [4.78, 5) is 26.8. The maximum Gasteiger partial charge on any atom is 0.332 e. The van der Waals surface area contributed by atoms with Crippen LogP contribution in [-0.2, 0) is 25.1 Å². The number of rotatable bonds is 7. The third kappa shape index (κ3) is 4.39. The highest BCUT2D eigenvalue weighted by molar-refractivity contribution is 7.89. The molecule has 13 heteroatoms. The number of anilines is 2. The van der Waals surface area contributed by atoms with Crippen LogP contribution in [0.25, 0.3) is 10.9 Å². The molecule has 1 fully saturated rings. The summed E-state index contributed by atoms with van der Waals surface area (Å²) in [5.74, 6) is -0.859. The molecule has 0 bridgehead atoms. The number of benzene rings is 1. The molecule has 2 aromatic heterocycles. The molecule has 1 aliphatic heterocycles. The van der Waals surface area contributed by atoms with Gasteiger partial charge in [0.2, 0.25) is 10.0 Å². The van der Waals surface area contributed by atoms with E-state index < -0.39 is 33.2 Å². The van der Waals surface area contributed by atoms with Gasteiger partial charge in [0.1, 0.15) is 5.39 Å². The number of aromatic nitrogens is 3. The summed E-state index contributed by atoms with van der Waals surface area (Å²) in [7, 11) is -0.715. The highest BCUT2D eigenvalue weighted by Gasteiger charge is 2.42. The first-order chi connectivity index (χ1) is 16.6. The predicted octanol–water partition coefficient (Wildman–Crippen LogP) is 1.59. The lowest BCUT2D eigenvalue weighted by atomic mass is 9.87. The Balaban J connectivity index is 1.75. The number of carbonyl (C=O) groups is 1. The number of aliphatic carboxylic acids is 1. The van der Waals surface area contributed by atoms with E-state index in [9.17, 15) is 28.4 Å². The van der Waals surface area contributed by atoms with Gasteiger partial charge in [-0.05, 0) is 43.2 Å². The van der Waals surface area contributed by atoms with Gasteiger partial charge in [-0.15, -0.1) is 0 Å². The van der Waals surface area contributed by atoms with Gasteiger partial charge < -0.3 is 20.1 Å². The lowest BCUT2D eigenvalue weighted by molar-refractivity contribution is -0.158. The quantitative estimate of drug-likeness (QED) is 0.436. The van der Waals surface area contributed by atoms with Gasteiger partial charge in [0, 0.05) is 26.0 Å². The third-order valence-electron chi connectivity index (χ3n) is 6.06. The Hall–Kier alpha value is -3.73. The van der Waals surface area contributed by atoms with Crippen LogP contribution in [-0.4, -0.2) is 65.4 Å². The average Bonchev–Trinajstić information content (AvgIpc) is 3.20. The minimum Gasteiger partial charge on any atom is -0.479 e. The molecule has 1 aromatic carbocycles. The van der Waals surface area contributed by atoms with Crippen LogP contribution in [0.3, 0.4) is 0 Å². The van der Waals surface area contributed by atoms with Gasteiger partial charge in [-0.3, -0.25) is 9.48 Å². The van der Waals surface area contributed by atoms with Gasteiger partial charge in [0.25, 0.3) is 5.56 Å². The van der Waals surface area contributed by atoms with Crippen molar-refractivity contribution in [3.05, 3.63) is 46.9 Å². The number of aromatic amines is 1. The molecule has 1 saturated heterocycles. The smallest absolute Gasteiger partial charge is 0.332 e. The van der Waals surface area contributed by atoms with Gasteiger partial charge in [0.15, 0.2) is 11.9 Å². The number of hydrogen-bond acceptors (Lipinski definition) is 8. The van der Waals surface area contributed by atoms with Gasteiger partial charge in [-0.1, -0.05) is 0 Å². The highest BCUT2D eigenvalue weighted by atomic mass is 32.2. The van der Waals surface area contributed by atoms with E-state index in [1.807, 2.05) is 0 Å². The number of nitriles is 1. The first-order valence-corrected chi connectivity index (χ1v) is 12.1. The maximum absolute atomic E-state index is 12.7. The molecule has 1 aliphatic rings. The van der Waals surface area contributed by atoms with Crippen molar-refractivity contribution >= 4 is 38.4 Å². The number of hydrogen-bond donors (Lipinski definition) is 3. The van der Waals surface area contributed by atoms with Crippen molar-refractivity contribution in [1.29, 1.82) is 5.26 Å². The number of pyridine rings is 1. The Morgan fingerprint density at radius 2 is 2.09 bits per heavy atom. The van der Waals surface area contributed by atoms with Crippen LogP contribution in [0.1, 0.15) is 19.3 Å². The summed E-state index contributed by atoms with van der Waals surface area (Å²) in [6.45, 7) is -0.0579. The van der Waals surface area contributed by atoms with E-state index >= 15 is 0 Å². The first kappa shape index (κ1) is 24.4. The highest BCUT2D eigenvalue weighted by Crippen LogP contribution is 2.37. The van der Waals surface area contributed by atoms with Gasteiger partial charge in [-0.25, -0.2) is 17.5 Å². The molecule has 4 rings (SSSR count). The number of carboxylic acids is 1. The fourth-order valence-electron chi connectivity index (χ4n) is 4.12. The minimum atomic E-state index is -3.60. The Bertz CT molecular complexity index is 1460. The van der Waals surface area contributed by atoms with Crippen LogP contribution >= 0.6 is 0 Å². The minimum absolute atomic E-state index is 0.000546. The van der Waals surface area contributed by atoms with Crippen LogP contribution in [0.5, 0.6) is 0 Å². The van der Waals surface area contributed by atoms with E-state index in [1.54, 1.807) is 22.9 Å². The summed E-state index contributed by atoms with van der Waals surface area (Å²) < 4.78 is 32.9. The van der Waals surface area contributed by atoms with E-state index in [4.69, 9.17) is 4.74 Å². The van der Waals surface area contributed by atoms with Crippen molar-refractivity contribution in [3.8, 4) is 6.07 Å². The average molecular weight is 501 g/mol. The summed E-state index contributed by atoms with van der Waals surface area (Å²) in [6, 6.07) is 9.80. The molecule has 184 valence electrons. The van der Waals surface area contributed by atoms with E-state index in [0.29, 0.717) is 17.6 Å². The van der Waals surface area contributed by atoms with Crippen LogP contribution in [0.2, 0.25) is 0 Å². The Morgan fingerprint density at radius 1 is 1.37 bits per heavy atom. The standard InChI is InChI=1S/C22H24N6O6S/c1-27(2)35(32,33)15-5-3-14(4-6-15)25-19-18-16(8-12-24-20(18)29)28(26-19)22(10-11-23)9-7-17(21(30)31)34-13-22/h3-6,8,12,17H,7,9-10,13H2,1-2H3,(H,24,29)(H,25,26)(H,30,31). The topological polar surface area (TPSA) is 170 Å². The number of fused-ring (bicyclic) bond motifs is 1. The fraction of sp³-hybridized carbons (Fsp3) is 0.364. The third-order valence-corrected chi connectivity index (χ3v) is 7.89. The number of nitrogens with zero attached hydrogens (tertiary/aromatic N) is 4. The van der Waals surface area contributed by atoms with Crippen LogP contribution < -0.4 is 10.9 Å². The molecule has 2 unspecified atom stereocenters. The molecular formula is C22H24N6O6S. The van der Waals surface area contributed by atoms with Crippen LogP contribution in [0.15, 0.2) is 46.2 Å². The maximum atomic E-state index is 12.7. The van der Waals surface area contributed by atoms with Gasteiger partial charge in [-0.2, -0.15) is 10.4 Å². The van der Waals surface area contributed by atoms with E-state index in [1.165, 1.54) is 32.4 Å². The molecular weight excluding hydrogens is 476 g/mol. The van der Waals surface area contributed by atoms with Gasteiger partial charge >= 0.3 is 5.97 Å². The summed E-state index contributed by atoms with van der Waals surface area (Å²) in [5, 5.41) is 26.7. The summed E-state index contributed by atoms with van der Waals surface area (Å²) in [5.41, 5.74) is -0.417. The lowest BCUT2D eigenvalue weighted by Crippen LogP contribution is -2.46. The molecule has 3 aromatic rings. The number of nitrogens with one attached hydrogen (secondary N) is 2. The molecule has 3 heterocycles. The normalized spacial score (nSPS) is 20.6. The Kier molecular flexibility index (Phi) is 6.37. The Morgan fingerprint density at radius 3 is 2.66 bits per heavy atom. The second kappa shape index (κ2) is 9.14. The SMILES string of the molecule is CN(C)S(=O)(=O)c1ccc(Nc2nn(C3(CC#N)CCC(C(=O)O)OC3)c3cc[nH]c(=O)c23)cc1. The van der Waals surface area contributed by atoms with E-state index in [2.05, 4.69) is 21.5 Å². The molecule has 0 radical (unpaired) electrons. The van der Waals surface area contributed by atoms with Crippen molar-refractivity contribution in [2.45, 2.75) is 35.8 Å². The molecule has 12 nitrogen and oxygen atoms in total. The Labute approximate surface area is 200 Å². The second-order valence-electron chi connectivity index (χ2n) is 8.50. The first-order valence-electron chi connectivity index (χ1n) is 10.7. The molecule has 0 spiro atoms. The van der Waals surface area contributed by atoms with Crippen LogP contribution in [0.4, 0.5) is 11.5 Å². The number of H-pyrrole nitrogens is 1. The molecule has 0 amide bonds. The lowest BCUT2D eigenvalue weighted by Gasteiger charge is -2.38. The molecule has 0 aliphatic carbocycles. The van der Waals surface area contributed by atoms with E-state index in [-0.39, 0.29) is 35.5 Å². The fourth-order valence-corrected chi connectivity index (χ4v) is 5.02. The zero-order valence-electron chi connectivity index (χ0n) is 19.1. The number of carboxylic acid groups (broad SMARTS) is 1. The zero-order valence-corrected chi connectivity index (χ0v) is 19.9. The molecule has 3 N–H and O–H groups in total. The van der Waals surface area contributed by atoms with E-state index in [0.717, 1.165) is 4.31 Å². The van der Waals surface area contributed by atoms with Crippen molar-refractivity contribution < 1.29 is 23.1 Å².